The topological polar surface area (TPSA) is 9.23 Å². The van der Waals surface area contributed by atoms with E-state index >= 15 is 0 Å². The van der Waals surface area contributed by atoms with Crippen molar-refractivity contribution >= 4 is 5.57 Å². The molecule has 3 aromatic carbocycles. The van der Waals surface area contributed by atoms with E-state index in [0.717, 1.165) is 49.7 Å². The lowest BCUT2D eigenvalue weighted by Gasteiger charge is -2.23. The highest BCUT2D eigenvalue weighted by Crippen LogP contribution is 2.35. The molecule has 188 valence electrons. The molecule has 1 unspecified atom stereocenters. The quantitative estimate of drug-likeness (QED) is 0.203. The minimum absolute atomic E-state index is 0.271. The summed E-state index contributed by atoms with van der Waals surface area (Å²) in [7, 11) is 0. The van der Waals surface area contributed by atoms with Crippen molar-refractivity contribution in [1.29, 1.82) is 0 Å². The van der Waals surface area contributed by atoms with Crippen molar-refractivity contribution in [2.45, 2.75) is 51.9 Å². The van der Waals surface area contributed by atoms with Gasteiger partial charge in [-0.2, -0.15) is 0 Å². The molecule has 0 spiro atoms. The maximum atomic E-state index is 14.8. The van der Waals surface area contributed by atoms with Crippen molar-refractivity contribution in [2.75, 3.05) is 6.61 Å². The second-order valence-electron chi connectivity index (χ2n) is 9.60. The normalized spacial score (nSPS) is 15.4. The lowest BCUT2D eigenvalue weighted by Crippen LogP contribution is -2.08. The van der Waals surface area contributed by atoms with Gasteiger partial charge in [0.1, 0.15) is 11.6 Å². The van der Waals surface area contributed by atoms with Gasteiger partial charge in [-0.15, -0.1) is 6.58 Å². The minimum Gasteiger partial charge on any atom is -0.493 e. The molecule has 0 radical (unpaired) electrons. The van der Waals surface area contributed by atoms with Crippen LogP contribution in [-0.4, -0.2) is 6.61 Å². The maximum absolute atomic E-state index is 14.8. The van der Waals surface area contributed by atoms with Crippen molar-refractivity contribution < 1.29 is 17.9 Å². The van der Waals surface area contributed by atoms with Crippen molar-refractivity contribution in [3.63, 3.8) is 0 Å². The fraction of sp³-hybridized carbons (Fsp3) is 0.312. The smallest absolute Gasteiger partial charge is 0.166 e. The number of aryl methyl sites for hydroxylation is 2. The van der Waals surface area contributed by atoms with Crippen LogP contribution in [0, 0.1) is 30.3 Å². The Morgan fingerprint density at radius 2 is 1.75 bits per heavy atom. The van der Waals surface area contributed by atoms with E-state index in [2.05, 4.69) is 12.7 Å². The minimum atomic E-state index is -0.786. The van der Waals surface area contributed by atoms with Crippen LogP contribution in [0.25, 0.3) is 16.7 Å². The summed E-state index contributed by atoms with van der Waals surface area (Å²) in [4.78, 5) is 0. The van der Waals surface area contributed by atoms with Crippen molar-refractivity contribution in [1.82, 2.24) is 0 Å². The number of halogens is 3. The van der Waals surface area contributed by atoms with Crippen LogP contribution < -0.4 is 4.74 Å². The van der Waals surface area contributed by atoms with Gasteiger partial charge in [0.25, 0.3) is 0 Å². The Balaban J connectivity index is 1.34. The molecule has 1 aliphatic carbocycles. The molecule has 0 bridgehead atoms. The van der Waals surface area contributed by atoms with Crippen LogP contribution in [0.4, 0.5) is 13.2 Å². The molecule has 1 nitrogen and oxygen atoms in total. The van der Waals surface area contributed by atoms with Crippen molar-refractivity contribution in [2.24, 2.45) is 5.92 Å². The van der Waals surface area contributed by atoms with Crippen molar-refractivity contribution in [3.8, 4) is 16.9 Å². The molecule has 1 atom stereocenters. The van der Waals surface area contributed by atoms with E-state index in [-0.39, 0.29) is 11.4 Å². The molecule has 0 amide bonds. The van der Waals surface area contributed by atoms with Gasteiger partial charge in [0, 0.05) is 17.2 Å². The van der Waals surface area contributed by atoms with Gasteiger partial charge < -0.3 is 4.74 Å². The highest BCUT2D eigenvalue weighted by atomic mass is 19.2. The van der Waals surface area contributed by atoms with Gasteiger partial charge in [-0.3, -0.25) is 0 Å². The van der Waals surface area contributed by atoms with Crippen LogP contribution in [0.2, 0.25) is 0 Å². The lowest BCUT2D eigenvalue weighted by molar-refractivity contribution is 0.310. The van der Waals surface area contributed by atoms with Gasteiger partial charge in [0.05, 0.1) is 6.61 Å². The lowest BCUT2D eigenvalue weighted by atomic mass is 9.83. The number of allylic oxidation sites excluding steroid dienone is 3. The Labute approximate surface area is 212 Å². The first-order valence-corrected chi connectivity index (χ1v) is 12.7. The summed E-state index contributed by atoms with van der Waals surface area (Å²) in [5.41, 5.74) is 4.07. The molecular formula is C32H33F3O. The first-order chi connectivity index (χ1) is 17.5. The zero-order valence-electron chi connectivity index (χ0n) is 20.8. The number of hydrogen-bond acceptors (Lipinski definition) is 1. The molecule has 0 N–H and O–H groups in total. The molecule has 0 saturated heterocycles. The zero-order valence-corrected chi connectivity index (χ0v) is 20.8. The molecule has 4 heteroatoms. The summed E-state index contributed by atoms with van der Waals surface area (Å²) >= 11 is 0. The summed E-state index contributed by atoms with van der Waals surface area (Å²) in [6.45, 7) is 6.18. The Bertz CT molecular complexity index is 1230. The predicted octanol–water partition coefficient (Wildman–Crippen LogP) is 9.24. The van der Waals surface area contributed by atoms with Gasteiger partial charge in [0.15, 0.2) is 11.6 Å². The summed E-state index contributed by atoms with van der Waals surface area (Å²) in [6.07, 6.45) is 9.38. The molecule has 0 fully saturated rings. The highest BCUT2D eigenvalue weighted by molar-refractivity contribution is 5.67. The van der Waals surface area contributed by atoms with Crippen LogP contribution >= 0.6 is 0 Å². The van der Waals surface area contributed by atoms with Gasteiger partial charge in [0.2, 0.25) is 0 Å². The Morgan fingerprint density at radius 3 is 2.44 bits per heavy atom. The zero-order chi connectivity index (χ0) is 25.5. The molecule has 0 aliphatic heterocycles. The maximum Gasteiger partial charge on any atom is 0.166 e. The molecular weight excluding hydrogens is 457 g/mol. The summed E-state index contributed by atoms with van der Waals surface area (Å²) in [6, 6.07) is 15.8. The van der Waals surface area contributed by atoms with Gasteiger partial charge in [-0.1, -0.05) is 54.1 Å². The van der Waals surface area contributed by atoms with Crippen LogP contribution in [0.5, 0.6) is 5.75 Å². The number of ether oxygens (including phenoxy) is 1. The molecule has 3 aromatic rings. The third kappa shape index (κ3) is 6.29. The molecule has 4 rings (SSSR count). The average molecular weight is 491 g/mol. The second kappa shape index (κ2) is 12.1. The molecule has 0 saturated carbocycles. The number of unbranched alkanes of at least 4 members (excludes halogenated alkanes) is 1. The summed E-state index contributed by atoms with van der Waals surface area (Å²) in [5, 5.41) is 0. The Hall–Kier alpha value is -3.27. The van der Waals surface area contributed by atoms with Gasteiger partial charge in [-0.25, -0.2) is 13.2 Å². The highest BCUT2D eigenvalue weighted by Gasteiger charge is 2.20. The Kier molecular flexibility index (Phi) is 8.69. The number of rotatable bonds is 10. The monoisotopic (exact) mass is 490 g/mol. The first-order valence-electron chi connectivity index (χ1n) is 12.7. The van der Waals surface area contributed by atoms with E-state index in [4.69, 9.17) is 4.74 Å². The summed E-state index contributed by atoms with van der Waals surface area (Å²) < 4.78 is 49.9. The molecule has 1 aliphatic rings. The largest absolute Gasteiger partial charge is 0.493 e. The standard InChI is InChI=1S/C32H33F3O/c1-3-4-5-20-36-27-17-19-28(30(33)21-27)24-13-8-23(9-14-24)10-15-26-16-18-29(32(35)31(26)34)25-11-6-22(2)7-12-25/h3,6-7,11-13,16-19,21,23H,1,4-5,8-10,14-15,20H2,2H3. The van der Waals surface area contributed by atoms with Crippen molar-refractivity contribution in [3.05, 3.63) is 107 Å². The first kappa shape index (κ1) is 25.8. The fourth-order valence-electron chi connectivity index (χ4n) is 4.76. The average Bonchev–Trinajstić information content (AvgIpc) is 2.89. The third-order valence-electron chi connectivity index (χ3n) is 6.97. The van der Waals surface area contributed by atoms with E-state index in [1.807, 2.05) is 43.3 Å². The Morgan fingerprint density at radius 1 is 0.972 bits per heavy atom. The molecule has 0 heterocycles. The number of benzene rings is 3. The fourth-order valence-corrected chi connectivity index (χ4v) is 4.76. The summed E-state index contributed by atoms with van der Waals surface area (Å²) in [5.74, 6) is -0.910. The van der Waals surface area contributed by atoms with Gasteiger partial charge in [-0.05, 0) is 86.6 Å². The van der Waals surface area contributed by atoms with Crippen LogP contribution in [0.15, 0.2) is 73.3 Å². The third-order valence-corrected chi connectivity index (χ3v) is 6.97. The van der Waals surface area contributed by atoms with E-state index in [1.54, 1.807) is 18.2 Å². The SMILES string of the molecule is C=CCCCOc1ccc(C2=CCC(CCc3ccc(-c4ccc(C)cc4)c(F)c3F)CC2)c(F)c1. The van der Waals surface area contributed by atoms with Crippen LogP contribution in [0.1, 0.15) is 55.2 Å². The van der Waals surface area contributed by atoms with E-state index < -0.39 is 11.6 Å². The predicted molar refractivity (Wildman–Crippen MR) is 141 cm³/mol. The van der Waals surface area contributed by atoms with E-state index in [9.17, 15) is 13.2 Å². The molecule has 36 heavy (non-hydrogen) atoms. The molecule has 0 aromatic heterocycles. The van der Waals surface area contributed by atoms with Gasteiger partial charge >= 0.3 is 0 Å². The van der Waals surface area contributed by atoms with E-state index in [0.29, 0.717) is 41.4 Å². The second-order valence-corrected chi connectivity index (χ2v) is 9.60. The number of hydrogen-bond donors (Lipinski definition) is 0. The van der Waals surface area contributed by atoms with Crippen LogP contribution in [-0.2, 0) is 6.42 Å². The van der Waals surface area contributed by atoms with Crippen LogP contribution in [0.3, 0.4) is 0 Å². The van der Waals surface area contributed by atoms with E-state index in [1.165, 1.54) is 6.07 Å².